The third-order valence-electron chi connectivity index (χ3n) is 6.34. The predicted molar refractivity (Wildman–Crippen MR) is 125 cm³/mol. The van der Waals surface area contributed by atoms with Crippen LogP contribution in [0.15, 0.2) is 60.7 Å². The van der Waals surface area contributed by atoms with Gasteiger partial charge in [0.15, 0.2) is 0 Å². The zero-order chi connectivity index (χ0) is 21.5. The van der Waals surface area contributed by atoms with Gasteiger partial charge in [0, 0.05) is 0 Å². The smallest absolute Gasteiger partial charge is 0.115 e. The number of aliphatic hydroxyl groups is 1. The monoisotopic (exact) mass is 398 g/mol. The number of phenolic OH excluding ortho intramolecular Hbond substituents is 1. The van der Waals surface area contributed by atoms with Crippen LogP contribution >= 0.6 is 0 Å². The molecule has 30 heavy (non-hydrogen) atoms. The third-order valence-corrected chi connectivity index (χ3v) is 6.34. The molecule has 0 bridgehead atoms. The summed E-state index contributed by atoms with van der Waals surface area (Å²) >= 11 is 0. The van der Waals surface area contributed by atoms with Crippen molar-refractivity contribution in [3.8, 4) is 5.75 Å². The first-order valence-corrected chi connectivity index (χ1v) is 10.7. The molecule has 2 heteroatoms. The number of hydrogen-bond acceptors (Lipinski definition) is 2. The summed E-state index contributed by atoms with van der Waals surface area (Å²) in [6.07, 6.45) is 3.04. The summed E-state index contributed by atoms with van der Waals surface area (Å²) in [7, 11) is 0. The molecule has 2 N–H and O–H groups in total. The molecule has 0 aliphatic heterocycles. The molecule has 0 radical (unpaired) electrons. The van der Waals surface area contributed by atoms with Crippen molar-refractivity contribution in [1.82, 2.24) is 0 Å². The molecule has 0 unspecified atom stereocenters. The van der Waals surface area contributed by atoms with Gasteiger partial charge in [0.1, 0.15) is 5.75 Å². The zero-order valence-corrected chi connectivity index (χ0v) is 18.3. The van der Waals surface area contributed by atoms with Gasteiger partial charge < -0.3 is 10.2 Å². The summed E-state index contributed by atoms with van der Waals surface area (Å²) in [6, 6.07) is 20.5. The molecule has 0 atom stereocenters. The van der Waals surface area contributed by atoms with Crippen molar-refractivity contribution < 1.29 is 10.2 Å². The highest BCUT2D eigenvalue weighted by molar-refractivity contribution is 6.00. The van der Waals surface area contributed by atoms with Crippen LogP contribution in [0, 0.1) is 13.8 Å². The average Bonchev–Trinajstić information content (AvgIpc) is 2.89. The first kappa shape index (κ1) is 20.4. The number of fused-ring (bicyclic) bond motifs is 1. The summed E-state index contributed by atoms with van der Waals surface area (Å²) in [5.41, 5.74) is 10.2. The van der Waals surface area contributed by atoms with Gasteiger partial charge in [-0.05, 0) is 109 Å². The second-order valence-electron chi connectivity index (χ2n) is 8.93. The molecule has 0 heterocycles. The third kappa shape index (κ3) is 3.80. The summed E-state index contributed by atoms with van der Waals surface area (Å²) < 4.78 is 0. The van der Waals surface area contributed by atoms with E-state index in [0.29, 0.717) is 0 Å². The largest absolute Gasteiger partial charge is 0.508 e. The van der Waals surface area contributed by atoms with E-state index in [0.717, 1.165) is 30.4 Å². The van der Waals surface area contributed by atoms with Gasteiger partial charge in [0.25, 0.3) is 0 Å². The summed E-state index contributed by atoms with van der Waals surface area (Å²) in [6.45, 7) is 8.04. The maximum absolute atomic E-state index is 10.5. The standard InChI is InChI=1S/C28H30O2/c1-18-7-5-9-24(19(18)2)26-10-6-8-21-17-22(28(3,4)30)13-16-25(21)27(26)20-11-14-23(29)15-12-20/h5,7,9,11-17,29-30H,6,8,10H2,1-4H3. The van der Waals surface area contributed by atoms with Crippen LogP contribution in [0.25, 0.3) is 11.1 Å². The highest BCUT2D eigenvalue weighted by atomic mass is 16.3. The Balaban J connectivity index is 2.02. The Hall–Kier alpha value is -2.84. The van der Waals surface area contributed by atoms with Crippen molar-refractivity contribution in [3.05, 3.63) is 99.6 Å². The first-order valence-electron chi connectivity index (χ1n) is 10.7. The van der Waals surface area contributed by atoms with Gasteiger partial charge in [-0.15, -0.1) is 0 Å². The van der Waals surface area contributed by atoms with Gasteiger partial charge in [-0.2, -0.15) is 0 Å². The van der Waals surface area contributed by atoms with Crippen molar-refractivity contribution >= 4 is 11.1 Å². The van der Waals surface area contributed by atoms with Crippen molar-refractivity contribution in [3.63, 3.8) is 0 Å². The molecule has 1 aliphatic carbocycles. The van der Waals surface area contributed by atoms with Crippen LogP contribution in [0.1, 0.15) is 65.6 Å². The molecule has 154 valence electrons. The number of aryl methyl sites for hydroxylation is 2. The molecule has 0 aromatic heterocycles. The number of hydrogen-bond donors (Lipinski definition) is 2. The van der Waals surface area contributed by atoms with Crippen molar-refractivity contribution in [2.75, 3.05) is 0 Å². The van der Waals surface area contributed by atoms with E-state index in [-0.39, 0.29) is 5.75 Å². The van der Waals surface area contributed by atoms with Crippen LogP contribution in [0.5, 0.6) is 5.75 Å². The fourth-order valence-electron chi connectivity index (χ4n) is 4.47. The highest BCUT2D eigenvalue weighted by Gasteiger charge is 2.24. The van der Waals surface area contributed by atoms with Gasteiger partial charge >= 0.3 is 0 Å². The maximum atomic E-state index is 10.5. The van der Waals surface area contributed by atoms with Gasteiger partial charge in [-0.25, -0.2) is 0 Å². The average molecular weight is 399 g/mol. The molecular formula is C28H30O2. The number of phenols is 1. The topological polar surface area (TPSA) is 40.5 Å². The van der Waals surface area contributed by atoms with Gasteiger partial charge in [0.05, 0.1) is 5.60 Å². The Morgan fingerprint density at radius 3 is 2.27 bits per heavy atom. The van der Waals surface area contributed by atoms with Crippen LogP contribution in [-0.4, -0.2) is 10.2 Å². The Bertz CT molecular complexity index is 1110. The minimum Gasteiger partial charge on any atom is -0.508 e. The van der Waals surface area contributed by atoms with E-state index in [4.69, 9.17) is 0 Å². The van der Waals surface area contributed by atoms with E-state index in [1.54, 1.807) is 12.1 Å². The van der Waals surface area contributed by atoms with E-state index in [1.165, 1.54) is 39.0 Å². The van der Waals surface area contributed by atoms with E-state index in [1.807, 2.05) is 32.0 Å². The van der Waals surface area contributed by atoms with Crippen LogP contribution in [0.2, 0.25) is 0 Å². The molecule has 1 aliphatic rings. The van der Waals surface area contributed by atoms with Crippen LogP contribution in [0.4, 0.5) is 0 Å². The fourth-order valence-corrected chi connectivity index (χ4v) is 4.47. The quantitative estimate of drug-likeness (QED) is 0.526. The Kier molecular flexibility index (Phi) is 5.29. The Morgan fingerprint density at radius 1 is 0.833 bits per heavy atom. The molecule has 0 fully saturated rings. The van der Waals surface area contributed by atoms with Crippen molar-refractivity contribution in [2.45, 2.75) is 52.6 Å². The first-order chi connectivity index (χ1) is 14.3. The second-order valence-corrected chi connectivity index (χ2v) is 8.93. The molecule has 3 aromatic carbocycles. The number of benzene rings is 3. The second kappa shape index (κ2) is 7.77. The molecular weight excluding hydrogens is 368 g/mol. The van der Waals surface area contributed by atoms with E-state index >= 15 is 0 Å². The lowest BCUT2D eigenvalue weighted by molar-refractivity contribution is 0.0785. The molecule has 0 saturated heterocycles. The van der Waals surface area contributed by atoms with Gasteiger partial charge in [-0.3, -0.25) is 0 Å². The van der Waals surface area contributed by atoms with E-state index in [9.17, 15) is 10.2 Å². The van der Waals surface area contributed by atoms with Crippen LogP contribution in [0.3, 0.4) is 0 Å². The molecule has 4 rings (SSSR count). The lowest BCUT2D eigenvalue weighted by Gasteiger charge is -2.22. The molecule has 2 nitrogen and oxygen atoms in total. The lowest BCUT2D eigenvalue weighted by atomic mass is 9.84. The zero-order valence-electron chi connectivity index (χ0n) is 18.3. The number of aromatic hydroxyl groups is 1. The number of allylic oxidation sites excluding steroid dienone is 1. The number of rotatable bonds is 3. The molecule has 0 spiro atoms. The minimum atomic E-state index is -0.861. The summed E-state index contributed by atoms with van der Waals surface area (Å²) in [5.74, 6) is 0.277. The van der Waals surface area contributed by atoms with E-state index in [2.05, 4.69) is 44.2 Å². The van der Waals surface area contributed by atoms with Crippen molar-refractivity contribution in [1.29, 1.82) is 0 Å². The van der Waals surface area contributed by atoms with Crippen LogP contribution < -0.4 is 0 Å². The minimum absolute atomic E-state index is 0.277. The molecule has 3 aromatic rings. The lowest BCUT2D eigenvalue weighted by Crippen LogP contribution is -2.16. The maximum Gasteiger partial charge on any atom is 0.115 e. The predicted octanol–water partition coefficient (Wildman–Crippen LogP) is 6.53. The Morgan fingerprint density at radius 2 is 1.57 bits per heavy atom. The highest BCUT2D eigenvalue weighted by Crippen LogP contribution is 2.42. The van der Waals surface area contributed by atoms with Gasteiger partial charge in [0.2, 0.25) is 0 Å². The van der Waals surface area contributed by atoms with E-state index < -0.39 is 5.60 Å². The molecule has 0 amide bonds. The van der Waals surface area contributed by atoms with Crippen molar-refractivity contribution in [2.24, 2.45) is 0 Å². The SMILES string of the molecule is Cc1cccc(C2=C(c3ccc(O)cc3)c3ccc(C(C)(C)O)cc3CCC2)c1C. The van der Waals surface area contributed by atoms with Crippen LogP contribution in [-0.2, 0) is 12.0 Å². The summed E-state index contributed by atoms with van der Waals surface area (Å²) in [5, 5.41) is 20.4. The molecule has 0 saturated carbocycles. The fraction of sp³-hybridized carbons (Fsp3) is 0.286. The van der Waals surface area contributed by atoms with Gasteiger partial charge in [-0.1, -0.05) is 48.5 Å². The Labute approximate surface area is 179 Å². The normalized spacial score (nSPS) is 14.4. The summed E-state index contributed by atoms with van der Waals surface area (Å²) in [4.78, 5) is 0.